The average Bonchev–Trinajstić information content (AvgIpc) is 2.97. The van der Waals surface area contributed by atoms with Gasteiger partial charge in [-0.3, -0.25) is 4.79 Å². The number of ether oxygens (including phenoxy) is 1. The monoisotopic (exact) mass is 402 g/mol. The number of rotatable bonds is 6. The van der Waals surface area contributed by atoms with Gasteiger partial charge in [-0.1, -0.05) is 30.9 Å². The van der Waals surface area contributed by atoms with Crippen LogP contribution in [0.25, 0.3) is 10.1 Å². The van der Waals surface area contributed by atoms with Gasteiger partial charge in [0.15, 0.2) is 0 Å². The topological polar surface area (TPSA) is 50.4 Å². The highest BCUT2D eigenvalue weighted by Crippen LogP contribution is 2.38. The second-order valence-corrected chi connectivity index (χ2v) is 7.64. The summed E-state index contributed by atoms with van der Waals surface area (Å²) in [6, 6.07) is 6.20. The molecule has 1 amide bonds. The molecule has 1 aliphatic carbocycles. The number of carbonyl (C=O) groups is 1. The molecule has 0 unspecified atom stereocenters. The zero-order valence-electron chi connectivity index (χ0n) is 14.3. The van der Waals surface area contributed by atoms with Crippen molar-refractivity contribution < 1.29 is 9.53 Å². The van der Waals surface area contributed by atoms with E-state index in [9.17, 15) is 4.79 Å². The van der Waals surface area contributed by atoms with Crippen molar-refractivity contribution in [2.45, 2.75) is 38.1 Å². The maximum atomic E-state index is 12.5. The molecule has 25 heavy (non-hydrogen) atoms. The molecule has 1 aliphatic rings. The zero-order valence-corrected chi connectivity index (χ0v) is 16.7. The Morgan fingerprint density at radius 1 is 1.28 bits per heavy atom. The zero-order chi connectivity index (χ0) is 16.9. The summed E-state index contributed by atoms with van der Waals surface area (Å²) in [5.74, 6) is 0.518. The van der Waals surface area contributed by atoms with Crippen LogP contribution < -0.4 is 15.4 Å². The van der Waals surface area contributed by atoms with Crippen LogP contribution in [0.2, 0.25) is 5.02 Å². The molecule has 2 N–H and O–H groups in total. The molecular weight excluding hydrogens is 379 g/mol. The lowest BCUT2D eigenvalue weighted by molar-refractivity contribution is 0.0955. The molecule has 0 radical (unpaired) electrons. The van der Waals surface area contributed by atoms with Crippen molar-refractivity contribution in [3.63, 3.8) is 0 Å². The van der Waals surface area contributed by atoms with Gasteiger partial charge in [0.2, 0.25) is 0 Å². The van der Waals surface area contributed by atoms with Crippen LogP contribution in [0.5, 0.6) is 5.75 Å². The van der Waals surface area contributed by atoms with E-state index in [-0.39, 0.29) is 18.3 Å². The molecule has 0 bridgehead atoms. The Kier molecular flexibility index (Phi) is 7.81. The van der Waals surface area contributed by atoms with Gasteiger partial charge >= 0.3 is 0 Å². The van der Waals surface area contributed by atoms with Crippen LogP contribution in [0.1, 0.15) is 41.8 Å². The summed E-state index contributed by atoms with van der Waals surface area (Å²) in [5, 5.41) is 8.05. The fourth-order valence-corrected chi connectivity index (χ4v) is 4.48. The number of amides is 1. The minimum Gasteiger partial charge on any atom is -0.494 e. The van der Waals surface area contributed by atoms with Crippen LogP contribution >= 0.6 is 35.3 Å². The van der Waals surface area contributed by atoms with Crippen LogP contribution in [0.4, 0.5) is 0 Å². The number of methoxy groups -OCH3 is 1. The van der Waals surface area contributed by atoms with Crippen LogP contribution in [-0.4, -0.2) is 32.1 Å². The van der Waals surface area contributed by atoms with Gasteiger partial charge in [-0.15, -0.1) is 23.7 Å². The molecule has 1 aromatic heterocycles. The molecule has 0 aliphatic heterocycles. The van der Waals surface area contributed by atoms with Crippen molar-refractivity contribution in [1.82, 2.24) is 10.6 Å². The van der Waals surface area contributed by atoms with Crippen LogP contribution in [0.3, 0.4) is 0 Å². The standard InChI is InChI=1S/C18H23ClN2O2S.ClH/c1-23-16-14-11-12(19)7-8-15(14)24-17(16)18(22)21-10-9-20-13-5-3-2-4-6-13;/h7-8,11,13,20H,2-6,9-10H2,1H3,(H,21,22);1H. The molecule has 1 aromatic carbocycles. The molecule has 0 saturated heterocycles. The summed E-state index contributed by atoms with van der Waals surface area (Å²) in [6.45, 7) is 1.42. The normalized spacial score (nSPS) is 15.0. The number of benzene rings is 1. The van der Waals surface area contributed by atoms with E-state index in [4.69, 9.17) is 16.3 Å². The Morgan fingerprint density at radius 2 is 2.04 bits per heavy atom. The van der Waals surface area contributed by atoms with Crippen LogP contribution in [-0.2, 0) is 0 Å². The first-order valence-corrected chi connectivity index (χ1v) is 9.66. The molecule has 4 nitrogen and oxygen atoms in total. The Bertz CT molecular complexity index is 714. The van der Waals surface area contributed by atoms with Crippen LogP contribution in [0.15, 0.2) is 18.2 Å². The number of halogens is 2. The van der Waals surface area contributed by atoms with Gasteiger partial charge in [0.25, 0.3) is 5.91 Å². The molecule has 2 aromatic rings. The maximum Gasteiger partial charge on any atom is 0.265 e. The Balaban J connectivity index is 0.00000225. The number of hydrogen-bond acceptors (Lipinski definition) is 4. The molecule has 1 saturated carbocycles. The first kappa shape index (κ1) is 20.3. The highest BCUT2D eigenvalue weighted by Gasteiger charge is 2.19. The number of nitrogens with one attached hydrogen (secondary N) is 2. The largest absolute Gasteiger partial charge is 0.494 e. The van der Waals surface area contributed by atoms with E-state index in [2.05, 4.69) is 10.6 Å². The third-order valence-corrected chi connectivity index (χ3v) is 5.85. The van der Waals surface area contributed by atoms with Gasteiger partial charge in [0.1, 0.15) is 10.6 Å². The molecule has 1 fully saturated rings. The molecule has 3 rings (SSSR count). The van der Waals surface area contributed by atoms with Gasteiger partial charge in [-0.2, -0.15) is 0 Å². The van der Waals surface area contributed by atoms with Crippen molar-refractivity contribution in [2.75, 3.05) is 20.2 Å². The lowest BCUT2D eigenvalue weighted by atomic mass is 9.95. The number of carbonyl (C=O) groups excluding carboxylic acids is 1. The smallest absolute Gasteiger partial charge is 0.265 e. The summed E-state index contributed by atoms with van der Waals surface area (Å²) in [7, 11) is 1.59. The van der Waals surface area contributed by atoms with E-state index < -0.39 is 0 Å². The minimum atomic E-state index is -0.0883. The first-order valence-electron chi connectivity index (χ1n) is 8.46. The summed E-state index contributed by atoms with van der Waals surface area (Å²) in [6.07, 6.45) is 6.47. The Morgan fingerprint density at radius 3 is 2.76 bits per heavy atom. The lowest BCUT2D eigenvalue weighted by Gasteiger charge is -2.22. The third kappa shape index (κ3) is 5.00. The molecule has 7 heteroatoms. The number of hydrogen-bond donors (Lipinski definition) is 2. The molecule has 0 spiro atoms. The first-order chi connectivity index (χ1) is 11.7. The van der Waals surface area contributed by atoms with Gasteiger partial charge in [-0.25, -0.2) is 0 Å². The molecular formula is C18H24Cl2N2O2S. The van der Waals surface area contributed by atoms with Crippen molar-refractivity contribution in [3.05, 3.63) is 28.1 Å². The fraction of sp³-hybridized carbons (Fsp3) is 0.500. The SMILES string of the molecule is COc1c(C(=O)NCCNC2CCCCC2)sc2ccc(Cl)cc12.Cl. The average molecular weight is 403 g/mol. The van der Waals surface area contributed by atoms with E-state index in [1.165, 1.54) is 43.4 Å². The second kappa shape index (κ2) is 9.62. The summed E-state index contributed by atoms with van der Waals surface area (Å²) in [4.78, 5) is 13.1. The number of fused-ring (bicyclic) bond motifs is 1. The Labute approximate surface area is 163 Å². The highest BCUT2D eigenvalue weighted by atomic mass is 35.5. The quantitative estimate of drug-likeness (QED) is 0.691. The van der Waals surface area contributed by atoms with E-state index in [0.29, 0.717) is 28.2 Å². The lowest BCUT2D eigenvalue weighted by Crippen LogP contribution is -2.37. The van der Waals surface area contributed by atoms with E-state index in [1.54, 1.807) is 7.11 Å². The van der Waals surface area contributed by atoms with E-state index >= 15 is 0 Å². The highest BCUT2D eigenvalue weighted by molar-refractivity contribution is 7.21. The van der Waals surface area contributed by atoms with Gasteiger partial charge in [0, 0.05) is 34.2 Å². The molecule has 138 valence electrons. The van der Waals surface area contributed by atoms with Crippen molar-refractivity contribution in [3.8, 4) is 5.75 Å². The predicted molar refractivity (Wildman–Crippen MR) is 108 cm³/mol. The van der Waals surface area contributed by atoms with Crippen molar-refractivity contribution in [2.24, 2.45) is 0 Å². The van der Waals surface area contributed by atoms with Gasteiger partial charge < -0.3 is 15.4 Å². The third-order valence-electron chi connectivity index (χ3n) is 4.46. The number of thiophene rings is 1. The second-order valence-electron chi connectivity index (χ2n) is 6.15. The summed E-state index contributed by atoms with van der Waals surface area (Å²) >= 11 is 7.49. The maximum absolute atomic E-state index is 12.5. The minimum absolute atomic E-state index is 0. The molecule has 1 heterocycles. The summed E-state index contributed by atoms with van der Waals surface area (Å²) < 4.78 is 6.45. The predicted octanol–water partition coefficient (Wildman–Crippen LogP) is 4.64. The molecule has 0 atom stereocenters. The van der Waals surface area contributed by atoms with Crippen molar-refractivity contribution in [1.29, 1.82) is 0 Å². The van der Waals surface area contributed by atoms with Gasteiger partial charge in [0.05, 0.1) is 7.11 Å². The Hall–Kier alpha value is -1.01. The van der Waals surface area contributed by atoms with E-state index in [0.717, 1.165) is 16.6 Å². The van der Waals surface area contributed by atoms with Crippen molar-refractivity contribution >= 4 is 51.3 Å². The van der Waals surface area contributed by atoms with Gasteiger partial charge in [-0.05, 0) is 31.0 Å². The van der Waals surface area contributed by atoms with Crippen LogP contribution in [0, 0.1) is 0 Å². The summed E-state index contributed by atoms with van der Waals surface area (Å²) in [5.41, 5.74) is 0. The fourth-order valence-electron chi connectivity index (χ4n) is 3.24. The van der Waals surface area contributed by atoms with E-state index in [1.807, 2.05) is 18.2 Å².